The average molecular weight is 372 g/mol. The van der Waals surface area contributed by atoms with Crippen molar-refractivity contribution in [2.75, 3.05) is 10.6 Å². The fourth-order valence-electron chi connectivity index (χ4n) is 2.24. The summed E-state index contributed by atoms with van der Waals surface area (Å²) in [6.45, 7) is 2.23. The van der Waals surface area contributed by atoms with Gasteiger partial charge in [0.1, 0.15) is 23.2 Å². The minimum absolute atomic E-state index is 0.0682. The molecule has 8 heteroatoms. The summed E-state index contributed by atoms with van der Waals surface area (Å²) in [6.07, 6.45) is 3.41. The highest BCUT2D eigenvalue weighted by molar-refractivity contribution is 6.31. The van der Waals surface area contributed by atoms with Crippen LogP contribution in [0, 0.1) is 12.7 Å². The lowest BCUT2D eigenvalue weighted by atomic mass is 10.2. The molecule has 1 aromatic carbocycles. The number of carbonyl (C=O) groups is 1. The van der Waals surface area contributed by atoms with Crippen molar-refractivity contribution in [3.8, 4) is 0 Å². The molecule has 3 rings (SSSR count). The molecule has 26 heavy (non-hydrogen) atoms. The first kappa shape index (κ1) is 17.8. The van der Waals surface area contributed by atoms with Crippen molar-refractivity contribution in [1.82, 2.24) is 15.0 Å². The lowest BCUT2D eigenvalue weighted by molar-refractivity contribution is 0.102. The lowest BCUT2D eigenvalue weighted by Gasteiger charge is -2.09. The number of halogens is 2. The quantitative estimate of drug-likeness (QED) is 0.712. The maximum atomic E-state index is 13.2. The van der Waals surface area contributed by atoms with Gasteiger partial charge in [-0.1, -0.05) is 11.6 Å². The number of amides is 1. The van der Waals surface area contributed by atoms with Gasteiger partial charge in [0.25, 0.3) is 5.91 Å². The van der Waals surface area contributed by atoms with E-state index in [0.717, 1.165) is 5.56 Å². The molecule has 3 aromatic rings. The number of rotatable bonds is 5. The van der Waals surface area contributed by atoms with E-state index in [4.69, 9.17) is 11.6 Å². The molecule has 0 atom stereocenters. The van der Waals surface area contributed by atoms with Gasteiger partial charge in [0.15, 0.2) is 0 Å². The van der Waals surface area contributed by atoms with Gasteiger partial charge < -0.3 is 10.6 Å². The Morgan fingerprint density at radius 3 is 2.65 bits per heavy atom. The number of nitrogens with zero attached hydrogens (tertiary/aromatic N) is 3. The van der Waals surface area contributed by atoms with Crippen LogP contribution in [0.1, 0.15) is 21.9 Å². The first-order valence-electron chi connectivity index (χ1n) is 7.76. The molecule has 0 aliphatic rings. The average Bonchev–Trinajstić information content (AvgIpc) is 2.63. The zero-order valence-electron chi connectivity index (χ0n) is 13.8. The minimum Gasteiger partial charge on any atom is -0.366 e. The summed E-state index contributed by atoms with van der Waals surface area (Å²) < 4.78 is 13.2. The number of hydrogen-bond donors (Lipinski definition) is 2. The highest BCUT2D eigenvalue weighted by atomic mass is 35.5. The largest absolute Gasteiger partial charge is 0.366 e. The SMILES string of the molecule is Cc1nc(NCc2ccncc2)cc(C(=O)Nc2ccc(F)c(Cl)c2)n1. The molecule has 0 saturated heterocycles. The number of pyridine rings is 1. The third kappa shape index (κ3) is 4.52. The molecular formula is C18H15ClFN5O. The fraction of sp³-hybridized carbons (Fsp3) is 0.111. The molecule has 2 heterocycles. The first-order chi connectivity index (χ1) is 12.5. The van der Waals surface area contributed by atoms with Crippen LogP contribution in [0.4, 0.5) is 15.9 Å². The van der Waals surface area contributed by atoms with E-state index in [1.807, 2.05) is 12.1 Å². The van der Waals surface area contributed by atoms with Crippen molar-refractivity contribution in [2.45, 2.75) is 13.5 Å². The second kappa shape index (κ2) is 7.88. The lowest BCUT2D eigenvalue weighted by Crippen LogP contribution is -2.16. The Kier molecular flexibility index (Phi) is 5.38. The Morgan fingerprint density at radius 1 is 1.15 bits per heavy atom. The Morgan fingerprint density at radius 2 is 1.92 bits per heavy atom. The van der Waals surface area contributed by atoms with Gasteiger partial charge >= 0.3 is 0 Å². The van der Waals surface area contributed by atoms with Crippen LogP contribution in [0.5, 0.6) is 0 Å². The van der Waals surface area contributed by atoms with E-state index in [-0.39, 0.29) is 10.7 Å². The van der Waals surface area contributed by atoms with E-state index >= 15 is 0 Å². The van der Waals surface area contributed by atoms with E-state index < -0.39 is 11.7 Å². The smallest absolute Gasteiger partial charge is 0.274 e. The summed E-state index contributed by atoms with van der Waals surface area (Å²) >= 11 is 5.73. The monoisotopic (exact) mass is 371 g/mol. The Balaban J connectivity index is 1.73. The molecule has 0 unspecified atom stereocenters. The van der Waals surface area contributed by atoms with Crippen molar-refractivity contribution < 1.29 is 9.18 Å². The highest BCUT2D eigenvalue weighted by Gasteiger charge is 2.12. The molecule has 0 radical (unpaired) electrons. The van der Waals surface area contributed by atoms with Gasteiger partial charge in [-0.2, -0.15) is 0 Å². The molecule has 1 amide bonds. The third-order valence-electron chi connectivity index (χ3n) is 3.47. The Hall–Kier alpha value is -3.06. The molecular weight excluding hydrogens is 357 g/mol. The zero-order valence-corrected chi connectivity index (χ0v) is 14.6. The van der Waals surface area contributed by atoms with Gasteiger partial charge in [0.2, 0.25) is 0 Å². The molecule has 0 fully saturated rings. The number of aromatic nitrogens is 3. The van der Waals surface area contributed by atoms with E-state index in [1.165, 1.54) is 18.2 Å². The highest BCUT2D eigenvalue weighted by Crippen LogP contribution is 2.20. The predicted molar refractivity (Wildman–Crippen MR) is 97.7 cm³/mol. The number of carbonyl (C=O) groups excluding carboxylic acids is 1. The van der Waals surface area contributed by atoms with Crippen LogP contribution in [0.2, 0.25) is 5.02 Å². The van der Waals surface area contributed by atoms with Crippen LogP contribution in [0.3, 0.4) is 0 Å². The first-order valence-corrected chi connectivity index (χ1v) is 8.14. The van der Waals surface area contributed by atoms with Gasteiger partial charge in [-0.05, 0) is 42.8 Å². The molecule has 0 bridgehead atoms. The van der Waals surface area contributed by atoms with Crippen LogP contribution in [-0.4, -0.2) is 20.9 Å². The number of aryl methyl sites for hydroxylation is 1. The van der Waals surface area contributed by atoms with E-state index in [2.05, 4.69) is 25.6 Å². The third-order valence-corrected chi connectivity index (χ3v) is 3.76. The summed E-state index contributed by atoms with van der Waals surface area (Å²) in [5.41, 5.74) is 1.60. The normalized spacial score (nSPS) is 10.4. The van der Waals surface area contributed by atoms with Crippen molar-refractivity contribution in [3.05, 3.63) is 76.7 Å². The van der Waals surface area contributed by atoms with E-state index in [9.17, 15) is 9.18 Å². The maximum Gasteiger partial charge on any atom is 0.274 e. The van der Waals surface area contributed by atoms with Gasteiger partial charge in [-0.3, -0.25) is 9.78 Å². The van der Waals surface area contributed by atoms with Gasteiger partial charge in [-0.15, -0.1) is 0 Å². The Bertz CT molecular complexity index is 936. The van der Waals surface area contributed by atoms with Crippen molar-refractivity contribution in [2.24, 2.45) is 0 Å². The summed E-state index contributed by atoms with van der Waals surface area (Å²) in [5, 5.41) is 5.72. The summed E-state index contributed by atoms with van der Waals surface area (Å²) in [4.78, 5) is 24.8. The molecule has 2 aromatic heterocycles. The molecule has 132 valence electrons. The summed E-state index contributed by atoms with van der Waals surface area (Å²) in [6, 6.07) is 9.26. The fourth-order valence-corrected chi connectivity index (χ4v) is 2.42. The van der Waals surface area contributed by atoms with E-state index in [1.54, 1.807) is 25.4 Å². The van der Waals surface area contributed by atoms with Crippen molar-refractivity contribution >= 4 is 29.0 Å². The second-order valence-electron chi connectivity index (χ2n) is 5.48. The van der Waals surface area contributed by atoms with Crippen LogP contribution in [0.25, 0.3) is 0 Å². The molecule has 0 saturated carbocycles. The van der Waals surface area contributed by atoms with Crippen LogP contribution < -0.4 is 10.6 Å². The molecule has 2 N–H and O–H groups in total. The maximum absolute atomic E-state index is 13.2. The standard InChI is InChI=1S/C18H15ClFN5O/c1-11-23-16(18(26)25-13-2-3-15(20)14(19)8-13)9-17(24-11)22-10-12-4-6-21-7-5-12/h2-9H,10H2,1H3,(H,25,26)(H,22,23,24). The number of hydrogen-bond acceptors (Lipinski definition) is 5. The van der Waals surface area contributed by atoms with Crippen LogP contribution in [0.15, 0.2) is 48.8 Å². The molecule has 6 nitrogen and oxygen atoms in total. The topological polar surface area (TPSA) is 79.8 Å². The van der Waals surface area contributed by atoms with Crippen LogP contribution in [-0.2, 0) is 6.54 Å². The summed E-state index contributed by atoms with van der Waals surface area (Å²) in [5.74, 6) is -0.0149. The summed E-state index contributed by atoms with van der Waals surface area (Å²) in [7, 11) is 0. The number of anilines is 2. The van der Waals surface area contributed by atoms with Crippen molar-refractivity contribution in [3.63, 3.8) is 0 Å². The van der Waals surface area contributed by atoms with E-state index in [0.29, 0.717) is 23.9 Å². The molecule has 0 aliphatic carbocycles. The van der Waals surface area contributed by atoms with Gasteiger partial charge in [0, 0.05) is 30.7 Å². The van der Waals surface area contributed by atoms with Crippen LogP contribution >= 0.6 is 11.6 Å². The van der Waals surface area contributed by atoms with Crippen molar-refractivity contribution in [1.29, 1.82) is 0 Å². The number of benzene rings is 1. The molecule has 0 spiro atoms. The predicted octanol–water partition coefficient (Wildman–Crippen LogP) is 3.84. The zero-order chi connectivity index (χ0) is 18.5. The second-order valence-corrected chi connectivity index (χ2v) is 5.88. The minimum atomic E-state index is -0.551. The Labute approximate surface area is 154 Å². The van der Waals surface area contributed by atoms with Gasteiger partial charge in [0.05, 0.1) is 5.02 Å². The number of nitrogens with one attached hydrogen (secondary N) is 2. The van der Waals surface area contributed by atoms with Gasteiger partial charge in [-0.25, -0.2) is 14.4 Å². The molecule has 0 aliphatic heterocycles.